The molecule has 0 aromatic heterocycles. The Balaban J connectivity index is 2.80. The number of amides is 1. The molecule has 1 atom stereocenters. The molecule has 94 valence electrons. The third kappa shape index (κ3) is 3.78. The number of hydrogen-bond donors (Lipinski definition) is 1. The normalized spacial score (nSPS) is 13.3. The van der Waals surface area contributed by atoms with Gasteiger partial charge in [-0.05, 0) is 24.6 Å². The van der Waals surface area contributed by atoms with Crippen LogP contribution in [-0.2, 0) is 4.79 Å². The topological polar surface area (TPSA) is 29.1 Å². The SMILES string of the molecule is CC(NC(=O)C(F)(F)F)c1ccc(Cl)c(Cl)c1. The molecular weight excluding hydrogens is 278 g/mol. The second-order valence-corrected chi connectivity index (χ2v) is 4.18. The van der Waals surface area contributed by atoms with Crippen molar-refractivity contribution < 1.29 is 18.0 Å². The number of hydrogen-bond acceptors (Lipinski definition) is 1. The van der Waals surface area contributed by atoms with E-state index in [1.54, 1.807) is 0 Å². The highest BCUT2D eigenvalue weighted by Crippen LogP contribution is 2.26. The summed E-state index contributed by atoms with van der Waals surface area (Å²) in [6.45, 7) is 1.42. The van der Waals surface area contributed by atoms with Crippen LogP contribution in [0.3, 0.4) is 0 Å². The molecule has 0 heterocycles. The summed E-state index contributed by atoms with van der Waals surface area (Å²) in [6.07, 6.45) is -4.90. The molecule has 1 unspecified atom stereocenters. The van der Waals surface area contributed by atoms with E-state index in [9.17, 15) is 18.0 Å². The third-order valence-electron chi connectivity index (χ3n) is 2.05. The van der Waals surface area contributed by atoms with E-state index < -0.39 is 18.1 Å². The maximum absolute atomic E-state index is 12.0. The van der Waals surface area contributed by atoms with Gasteiger partial charge in [0.05, 0.1) is 16.1 Å². The number of carbonyl (C=O) groups is 1. The first-order valence-electron chi connectivity index (χ1n) is 4.54. The molecule has 1 rings (SSSR count). The van der Waals surface area contributed by atoms with Crippen LogP contribution in [0.15, 0.2) is 18.2 Å². The fourth-order valence-electron chi connectivity index (χ4n) is 1.14. The lowest BCUT2D eigenvalue weighted by molar-refractivity contribution is -0.174. The Hall–Kier alpha value is -0.940. The minimum absolute atomic E-state index is 0.220. The maximum atomic E-state index is 12.0. The van der Waals surface area contributed by atoms with Crippen LogP contribution < -0.4 is 5.32 Å². The van der Waals surface area contributed by atoms with Gasteiger partial charge < -0.3 is 5.32 Å². The molecule has 17 heavy (non-hydrogen) atoms. The Morgan fingerprint density at radius 1 is 1.29 bits per heavy atom. The van der Waals surface area contributed by atoms with Gasteiger partial charge in [-0.3, -0.25) is 4.79 Å². The second kappa shape index (κ2) is 5.14. The summed E-state index contributed by atoms with van der Waals surface area (Å²) < 4.78 is 36.0. The molecule has 1 amide bonds. The Morgan fingerprint density at radius 2 is 1.88 bits per heavy atom. The van der Waals surface area contributed by atoms with E-state index in [1.807, 2.05) is 5.32 Å². The van der Waals surface area contributed by atoms with Crippen molar-refractivity contribution in [3.63, 3.8) is 0 Å². The quantitative estimate of drug-likeness (QED) is 0.881. The first-order chi connectivity index (χ1) is 7.71. The van der Waals surface area contributed by atoms with Crippen molar-refractivity contribution in [1.29, 1.82) is 0 Å². The smallest absolute Gasteiger partial charge is 0.342 e. The number of alkyl halides is 3. The zero-order valence-electron chi connectivity index (χ0n) is 8.61. The fraction of sp³-hybridized carbons (Fsp3) is 0.300. The number of carbonyl (C=O) groups excluding carboxylic acids is 1. The van der Waals surface area contributed by atoms with Gasteiger partial charge in [0, 0.05) is 0 Å². The lowest BCUT2D eigenvalue weighted by Crippen LogP contribution is -2.38. The zero-order chi connectivity index (χ0) is 13.2. The van der Waals surface area contributed by atoms with Crippen LogP contribution in [-0.4, -0.2) is 12.1 Å². The standard InChI is InChI=1S/C10H8Cl2F3NO/c1-5(16-9(17)10(13,14)15)6-2-3-7(11)8(12)4-6/h2-5H,1H3,(H,16,17). The summed E-state index contributed by atoms with van der Waals surface area (Å²) in [4.78, 5) is 10.7. The summed E-state index contributed by atoms with van der Waals surface area (Å²) in [7, 11) is 0. The summed E-state index contributed by atoms with van der Waals surface area (Å²) >= 11 is 11.4. The van der Waals surface area contributed by atoms with E-state index in [0.717, 1.165) is 0 Å². The molecule has 0 saturated carbocycles. The molecule has 1 N–H and O–H groups in total. The molecular formula is C10H8Cl2F3NO. The number of halogens is 5. The lowest BCUT2D eigenvalue weighted by atomic mass is 10.1. The first kappa shape index (κ1) is 14.1. The number of nitrogens with one attached hydrogen (secondary N) is 1. The van der Waals surface area contributed by atoms with Crippen molar-refractivity contribution in [2.45, 2.75) is 19.1 Å². The molecule has 2 nitrogen and oxygen atoms in total. The second-order valence-electron chi connectivity index (χ2n) is 3.37. The summed E-state index contributed by atoms with van der Waals surface area (Å²) in [6, 6.07) is 3.55. The predicted octanol–water partition coefficient (Wildman–Crippen LogP) is 3.73. The van der Waals surface area contributed by atoms with Crippen molar-refractivity contribution in [3.05, 3.63) is 33.8 Å². The van der Waals surface area contributed by atoms with Gasteiger partial charge in [-0.25, -0.2) is 0 Å². The minimum Gasteiger partial charge on any atom is -0.342 e. The minimum atomic E-state index is -4.90. The van der Waals surface area contributed by atoms with Crippen molar-refractivity contribution in [1.82, 2.24) is 5.32 Å². The summed E-state index contributed by atoms with van der Waals surface area (Å²) in [5, 5.41) is 2.33. The van der Waals surface area contributed by atoms with Crippen LogP contribution in [0.4, 0.5) is 13.2 Å². The highest BCUT2D eigenvalue weighted by Gasteiger charge is 2.39. The van der Waals surface area contributed by atoms with E-state index in [1.165, 1.54) is 25.1 Å². The van der Waals surface area contributed by atoms with E-state index >= 15 is 0 Å². The lowest BCUT2D eigenvalue weighted by Gasteiger charge is -2.16. The molecule has 0 aliphatic heterocycles. The molecule has 1 aromatic carbocycles. The molecule has 0 aliphatic rings. The summed E-state index contributed by atoms with van der Waals surface area (Å²) in [5.74, 6) is -1.99. The van der Waals surface area contributed by atoms with Gasteiger partial charge in [0.2, 0.25) is 0 Å². The van der Waals surface area contributed by atoms with Gasteiger partial charge >= 0.3 is 12.1 Å². The highest BCUT2D eigenvalue weighted by molar-refractivity contribution is 6.42. The average Bonchev–Trinajstić information content (AvgIpc) is 2.20. The third-order valence-corrected chi connectivity index (χ3v) is 2.79. The Bertz CT molecular complexity index is 434. The van der Waals surface area contributed by atoms with E-state index in [2.05, 4.69) is 0 Å². The van der Waals surface area contributed by atoms with Gasteiger partial charge in [0.15, 0.2) is 0 Å². The van der Waals surface area contributed by atoms with Crippen molar-refractivity contribution in [2.75, 3.05) is 0 Å². The molecule has 0 fully saturated rings. The fourth-order valence-corrected chi connectivity index (χ4v) is 1.45. The van der Waals surface area contributed by atoms with Gasteiger partial charge in [0.1, 0.15) is 0 Å². The number of rotatable bonds is 2. The molecule has 0 saturated heterocycles. The monoisotopic (exact) mass is 285 g/mol. The van der Waals surface area contributed by atoms with E-state index in [0.29, 0.717) is 10.6 Å². The molecule has 0 aliphatic carbocycles. The highest BCUT2D eigenvalue weighted by atomic mass is 35.5. The van der Waals surface area contributed by atoms with Crippen LogP contribution in [0.5, 0.6) is 0 Å². The Morgan fingerprint density at radius 3 is 2.35 bits per heavy atom. The predicted molar refractivity (Wildman–Crippen MR) is 59.1 cm³/mol. The van der Waals surface area contributed by atoms with Crippen molar-refractivity contribution in [2.24, 2.45) is 0 Å². The van der Waals surface area contributed by atoms with Crippen LogP contribution in [0.2, 0.25) is 10.0 Å². The molecule has 0 bridgehead atoms. The average molecular weight is 286 g/mol. The Kier molecular flexibility index (Phi) is 4.27. The first-order valence-corrected chi connectivity index (χ1v) is 5.30. The van der Waals surface area contributed by atoms with Crippen LogP contribution in [0, 0.1) is 0 Å². The van der Waals surface area contributed by atoms with Gasteiger partial charge in [-0.2, -0.15) is 13.2 Å². The van der Waals surface area contributed by atoms with Gasteiger partial charge in [-0.15, -0.1) is 0 Å². The largest absolute Gasteiger partial charge is 0.471 e. The van der Waals surface area contributed by atoms with Crippen molar-refractivity contribution >= 4 is 29.1 Å². The molecule has 0 radical (unpaired) electrons. The van der Waals surface area contributed by atoms with E-state index in [4.69, 9.17) is 23.2 Å². The zero-order valence-corrected chi connectivity index (χ0v) is 10.1. The van der Waals surface area contributed by atoms with Crippen LogP contribution in [0.25, 0.3) is 0 Å². The van der Waals surface area contributed by atoms with E-state index in [-0.39, 0.29) is 5.02 Å². The van der Waals surface area contributed by atoms with Crippen molar-refractivity contribution in [3.8, 4) is 0 Å². The molecule has 7 heteroatoms. The number of benzene rings is 1. The molecule has 0 spiro atoms. The summed E-state index contributed by atoms with van der Waals surface area (Å²) in [5.41, 5.74) is 0.442. The maximum Gasteiger partial charge on any atom is 0.471 e. The Labute approximate surface area is 106 Å². The van der Waals surface area contributed by atoms with Crippen LogP contribution in [0.1, 0.15) is 18.5 Å². The van der Waals surface area contributed by atoms with Crippen LogP contribution >= 0.6 is 23.2 Å². The van der Waals surface area contributed by atoms with Gasteiger partial charge in [-0.1, -0.05) is 29.3 Å². The molecule has 1 aromatic rings. The van der Waals surface area contributed by atoms with Gasteiger partial charge in [0.25, 0.3) is 0 Å².